The highest BCUT2D eigenvalue weighted by Crippen LogP contribution is 1.91. The molecule has 0 bridgehead atoms. The monoisotopic (exact) mass is 149 g/mol. The summed E-state index contributed by atoms with van der Waals surface area (Å²) in [5, 5.41) is 0. The van der Waals surface area contributed by atoms with Crippen LogP contribution in [-0.4, -0.2) is 12.8 Å². The molecule has 0 aliphatic rings. The third-order valence-corrected chi connectivity index (χ3v) is 1.12. The molecule has 1 heteroatoms. The van der Waals surface area contributed by atoms with Gasteiger partial charge in [-0.25, -0.2) is 0 Å². The average molecular weight is 149 g/mol. The molecule has 0 spiro atoms. The molecule has 0 aliphatic heterocycles. The second-order valence-electron chi connectivity index (χ2n) is 2.27. The van der Waals surface area contributed by atoms with Gasteiger partial charge in [-0.2, -0.15) is 0 Å². The lowest BCUT2D eigenvalue weighted by molar-refractivity contribution is 0.934. The fraction of sp³-hybridized carbons (Fsp3) is 0.500. The van der Waals surface area contributed by atoms with Crippen LogP contribution in [0, 0.1) is 11.8 Å². The summed E-state index contributed by atoms with van der Waals surface area (Å²) in [4.78, 5) is 4.16. The first kappa shape index (κ1) is 9.97. The van der Waals surface area contributed by atoms with Gasteiger partial charge in [-0.15, -0.1) is 5.92 Å². The zero-order valence-electron chi connectivity index (χ0n) is 7.35. The van der Waals surface area contributed by atoms with E-state index in [4.69, 9.17) is 0 Å². The molecular formula is C10H15N. The molecule has 0 radical (unpaired) electrons. The van der Waals surface area contributed by atoms with Crippen LogP contribution in [0.2, 0.25) is 0 Å². The molecule has 0 rings (SSSR count). The summed E-state index contributed by atoms with van der Waals surface area (Å²) in [6.45, 7) is 8.61. The lowest BCUT2D eigenvalue weighted by Gasteiger charge is -1.88. The van der Waals surface area contributed by atoms with Crippen molar-refractivity contribution in [1.82, 2.24) is 0 Å². The smallest absolute Gasteiger partial charge is 0.0382 e. The highest BCUT2D eigenvalue weighted by Gasteiger charge is 1.82. The number of aliphatic imine (C=N–C) groups is 1. The molecule has 0 atom stereocenters. The van der Waals surface area contributed by atoms with E-state index in [9.17, 15) is 0 Å². The number of rotatable bonds is 4. The summed E-state index contributed by atoms with van der Waals surface area (Å²) in [5.74, 6) is 5.68. The summed E-state index contributed by atoms with van der Waals surface area (Å²) in [6, 6.07) is 0. The highest BCUT2D eigenvalue weighted by molar-refractivity contribution is 5.63. The maximum absolute atomic E-state index is 4.16. The van der Waals surface area contributed by atoms with Crippen LogP contribution in [-0.2, 0) is 0 Å². The van der Waals surface area contributed by atoms with E-state index in [0.29, 0.717) is 0 Å². The quantitative estimate of drug-likeness (QED) is 0.430. The molecule has 0 aliphatic carbocycles. The minimum atomic E-state index is 0.793. The zero-order valence-corrected chi connectivity index (χ0v) is 7.35. The first-order valence-electron chi connectivity index (χ1n) is 3.90. The van der Waals surface area contributed by atoms with Crippen molar-refractivity contribution in [2.75, 3.05) is 6.54 Å². The van der Waals surface area contributed by atoms with Gasteiger partial charge in [0, 0.05) is 24.8 Å². The molecule has 0 aromatic rings. The van der Waals surface area contributed by atoms with E-state index in [2.05, 4.69) is 30.3 Å². The second-order valence-corrected chi connectivity index (χ2v) is 2.27. The van der Waals surface area contributed by atoms with E-state index >= 15 is 0 Å². The van der Waals surface area contributed by atoms with Gasteiger partial charge in [-0.3, -0.25) is 4.99 Å². The summed E-state index contributed by atoms with van der Waals surface area (Å²) < 4.78 is 0. The van der Waals surface area contributed by atoms with Crippen molar-refractivity contribution >= 4 is 6.21 Å². The van der Waals surface area contributed by atoms with Gasteiger partial charge in [-0.05, 0) is 13.3 Å². The van der Waals surface area contributed by atoms with Gasteiger partial charge >= 0.3 is 0 Å². The van der Waals surface area contributed by atoms with Crippen molar-refractivity contribution in [2.24, 2.45) is 4.99 Å². The van der Waals surface area contributed by atoms with Crippen molar-refractivity contribution in [3.05, 3.63) is 12.2 Å². The molecule has 0 aromatic carbocycles. The minimum Gasteiger partial charge on any atom is -0.297 e. The number of nitrogens with zero attached hydrogens (tertiary/aromatic N) is 1. The van der Waals surface area contributed by atoms with E-state index in [1.165, 1.54) is 0 Å². The second kappa shape index (κ2) is 7.08. The van der Waals surface area contributed by atoms with Crippen molar-refractivity contribution in [3.63, 3.8) is 0 Å². The van der Waals surface area contributed by atoms with Crippen LogP contribution in [0.15, 0.2) is 17.1 Å². The highest BCUT2D eigenvalue weighted by atomic mass is 14.7. The standard InChI is InChI=1S/C10H15N/c1-4-6-10(3)7-9-11-8-5-2/h9H,3,5,7-8H2,1-2H3/b11-9-. The molecule has 0 fully saturated rings. The summed E-state index contributed by atoms with van der Waals surface area (Å²) >= 11 is 0. The van der Waals surface area contributed by atoms with Crippen LogP contribution < -0.4 is 0 Å². The van der Waals surface area contributed by atoms with Crippen molar-refractivity contribution in [1.29, 1.82) is 0 Å². The van der Waals surface area contributed by atoms with Crippen LogP contribution in [0.4, 0.5) is 0 Å². The lowest BCUT2D eigenvalue weighted by atomic mass is 10.2. The van der Waals surface area contributed by atoms with Gasteiger partial charge in [-0.1, -0.05) is 19.4 Å². The van der Waals surface area contributed by atoms with Gasteiger partial charge in [0.15, 0.2) is 0 Å². The molecule has 0 unspecified atom stereocenters. The lowest BCUT2D eigenvalue weighted by Crippen LogP contribution is -1.81. The SMILES string of the molecule is C=C(C#CC)C/C=N\CCC. The molecule has 0 amide bonds. The summed E-state index contributed by atoms with van der Waals surface area (Å²) in [7, 11) is 0. The summed E-state index contributed by atoms with van der Waals surface area (Å²) in [6.07, 6.45) is 3.78. The Morgan fingerprint density at radius 2 is 2.36 bits per heavy atom. The van der Waals surface area contributed by atoms with Gasteiger partial charge in [0.25, 0.3) is 0 Å². The molecule has 0 heterocycles. The Morgan fingerprint density at radius 1 is 1.64 bits per heavy atom. The van der Waals surface area contributed by atoms with Crippen molar-refractivity contribution in [3.8, 4) is 11.8 Å². The van der Waals surface area contributed by atoms with E-state index in [1.54, 1.807) is 0 Å². The predicted molar refractivity (Wildman–Crippen MR) is 50.9 cm³/mol. The molecule has 0 aromatic heterocycles. The van der Waals surface area contributed by atoms with Crippen molar-refractivity contribution < 1.29 is 0 Å². The van der Waals surface area contributed by atoms with Gasteiger partial charge in [0.05, 0.1) is 0 Å². The Bertz CT molecular complexity index is 191. The Labute approximate surface area is 69.2 Å². The Hall–Kier alpha value is -1.03. The van der Waals surface area contributed by atoms with Gasteiger partial charge in [0.2, 0.25) is 0 Å². The van der Waals surface area contributed by atoms with Crippen LogP contribution in [0.3, 0.4) is 0 Å². The molecule has 1 nitrogen and oxygen atoms in total. The summed E-state index contributed by atoms with van der Waals surface area (Å²) in [5.41, 5.74) is 0.937. The largest absolute Gasteiger partial charge is 0.297 e. The Morgan fingerprint density at radius 3 is 2.91 bits per heavy atom. The molecular weight excluding hydrogens is 134 g/mol. The predicted octanol–water partition coefficient (Wildman–Crippen LogP) is 2.44. The first-order chi connectivity index (χ1) is 5.31. The minimum absolute atomic E-state index is 0.793. The fourth-order valence-corrected chi connectivity index (χ4v) is 0.623. The normalized spacial score (nSPS) is 9.27. The van der Waals surface area contributed by atoms with E-state index < -0.39 is 0 Å². The van der Waals surface area contributed by atoms with E-state index in [0.717, 1.165) is 25.0 Å². The molecule has 0 saturated carbocycles. The van der Waals surface area contributed by atoms with Gasteiger partial charge < -0.3 is 0 Å². The maximum atomic E-state index is 4.16. The topological polar surface area (TPSA) is 12.4 Å². The van der Waals surface area contributed by atoms with E-state index in [-0.39, 0.29) is 0 Å². The Balaban J connectivity index is 3.50. The molecule has 11 heavy (non-hydrogen) atoms. The number of hydrogen-bond donors (Lipinski definition) is 0. The third-order valence-electron chi connectivity index (χ3n) is 1.12. The van der Waals surface area contributed by atoms with Gasteiger partial charge in [0.1, 0.15) is 0 Å². The number of hydrogen-bond acceptors (Lipinski definition) is 1. The van der Waals surface area contributed by atoms with Crippen molar-refractivity contribution in [2.45, 2.75) is 26.7 Å². The third kappa shape index (κ3) is 6.86. The first-order valence-corrected chi connectivity index (χ1v) is 3.90. The molecule has 0 saturated heterocycles. The molecule has 60 valence electrons. The average Bonchev–Trinajstić information content (AvgIpc) is 1.99. The van der Waals surface area contributed by atoms with Crippen LogP contribution in [0.5, 0.6) is 0 Å². The van der Waals surface area contributed by atoms with Crippen LogP contribution >= 0.6 is 0 Å². The van der Waals surface area contributed by atoms with Crippen LogP contribution in [0.25, 0.3) is 0 Å². The Kier molecular flexibility index (Phi) is 6.42. The number of allylic oxidation sites excluding steroid dienone is 1. The fourth-order valence-electron chi connectivity index (χ4n) is 0.623. The van der Waals surface area contributed by atoms with Crippen LogP contribution in [0.1, 0.15) is 26.7 Å². The van der Waals surface area contributed by atoms with E-state index in [1.807, 2.05) is 13.1 Å². The molecule has 0 N–H and O–H groups in total. The zero-order chi connectivity index (χ0) is 8.53. The maximum Gasteiger partial charge on any atom is 0.0382 e.